The summed E-state index contributed by atoms with van der Waals surface area (Å²) in [5.41, 5.74) is 1.54. The molecule has 1 aliphatic heterocycles. The summed E-state index contributed by atoms with van der Waals surface area (Å²) in [5, 5.41) is 6.23. The Hall–Kier alpha value is -2.90. The van der Waals surface area contributed by atoms with Crippen LogP contribution in [-0.2, 0) is 9.53 Å². The molecule has 1 aliphatic rings. The van der Waals surface area contributed by atoms with E-state index in [-0.39, 0.29) is 17.7 Å². The Labute approximate surface area is 186 Å². The molecule has 8 heteroatoms. The summed E-state index contributed by atoms with van der Waals surface area (Å²) in [6.07, 6.45) is 2.17. The van der Waals surface area contributed by atoms with Crippen molar-refractivity contribution in [3.8, 4) is 0 Å². The van der Waals surface area contributed by atoms with E-state index < -0.39 is 6.04 Å². The molecule has 0 spiro atoms. The highest BCUT2D eigenvalue weighted by Gasteiger charge is 2.34. The molecule has 1 fully saturated rings. The predicted octanol–water partition coefficient (Wildman–Crippen LogP) is 3.35. The lowest BCUT2D eigenvalue weighted by atomic mass is 10.1. The third kappa shape index (κ3) is 6.06. The highest BCUT2D eigenvalue weighted by atomic mass is 35.5. The van der Waals surface area contributed by atoms with Gasteiger partial charge in [0.05, 0.1) is 0 Å². The first-order chi connectivity index (χ1) is 15.0. The number of likely N-dealkylation sites (tertiary alicyclic amines) is 1. The normalized spacial score (nSPS) is 15.5. The molecule has 2 aromatic carbocycles. The number of carbonyl (C=O) groups excluding carboxylic acids is 3. The summed E-state index contributed by atoms with van der Waals surface area (Å²) in [7, 11) is 1.62. The van der Waals surface area contributed by atoms with Crippen molar-refractivity contribution in [2.75, 3.05) is 32.1 Å². The number of nitrogens with one attached hydrogen (secondary N) is 2. The van der Waals surface area contributed by atoms with Crippen LogP contribution in [-0.4, -0.2) is 55.5 Å². The number of hydrogen-bond acceptors (Lipinski definition) is 4. The third-order valence-electron chi connectivity index (χ3n) is 5.14. The molecule has 0 aliphatic carbocycles. The SMILES string of the molecule is COCCCNC(=O)C1CCCN1C(=O)c1ccc(NC(=O)c2ccc(Cl)cc2)cc1. The van der Waals surface area contributed by atoms with Crippen LogP contribution in [0.15, 0.2) is 48.5 Å². The highest BCUT2D eigenvalue weighted by Crippen LogP contribution is 2.21. The number of carbonyl (C=O) groups is 3. The predicted molar refractivity (Wildman–Crippen MR) is 119 cm³/mol. The minimum Gasteiger partial charge on any atom is -0.385 e. The molecule has 2 aromatic rings. The molecular formula is C23H26ClN3O4. The van der Waals surface area contributed by atoms with E-state index in [0.717, 1.165) is 12.8 Å². The van der Waals surface area contributed by atoms with Crippen LogP contribution in [0.2, 0.25) is 5.02 Å². The molecule has 31 heavy (non-hydrogen) atoms. The number of rotatable bonds is 8. The summed E-state index contributed by atoms with van der Waals surface area (Å²) in [6, 6.07) is 12.8. The standard InChI is InChI=1S/C23H26ClN3O4/c1-31-15-3-13-25-22(29)20-4-2-14-27(20)23(30)17-7-11-19(12-8-17)26-21(28)16-5-9-18(24)10-6-16/h5-12,20H,2-4,13-15H2,1H3,(H,25,29)(H,26,28). The summed E-state index contributed by atoms with van der Waals surface area (Å²) in [4.78, 5) is 39.4. The molecule has 1 unspecified atom stereocenters. The van der Waals surface area contributed by atoms with Crippen molar-refractivity contribution in [2.24, 2.45) is 0 Å². The number of benzene rings is 2. The molecule has 3 rings (SSSR count). The Balaban J connectivity index is 1.59. The van der Waals surface area contributed by atoms with E-state index in [0.29, 0.717) is 48.0 Å². The largest absolute Gasteiger partial charge is 0.385 e. The Kier molecular flexibility index (Phi) is 8.03. The maximum absolute atomic E-state index is 13.0. The second kappa shape index (κ2) is 10.9. The van der Waals surface area contributed by atoms with Gasteiger partial charge in [-0.25, -0.2) is 0 Å². The molecule has 0 bridgehead atoms. The van der Waals surface area contributed by atoms with Crippen molar-refractivity contribution >= 4 is 35.0 Å². The minimum absolute atomic E-state index is 0.131. The van der Waals surface area contributed by atoms with Crippen molar-refractivity contribution in [3.63, 3.8) is 0 Å². The van der Waals surface area contributed by atoms with Crippen LogP contribution in [0, 0.1) is 0 Å². The zero-order valence-electron chi connectivity index (χ0n) is 17.4. The molecule has 0 aromatic heterocycles. The Morgan fingerprint density at radius 1 is 1.06 bits per heavy atom. The summed E-state index contributed by atoms with van der Waals surface area (Å²) in [6.45, 7) is 1.64. The van der Waals surface area contributed by atoms with Gasteiger partial charge in [-0.05, 0) is 67.8 Å². The van der Waals surface area contributed by atoms with Crippen LogP contribution < -0.4 is 10.6 Å². The number of amides is 3. The molecule has 1 atom stereocenters. The number of nitrogens with zero attached hydrogens (tertiary/aromatic N) is 1. The van der Waals surface area contributed by atoms with Crippen molar-refractivity contribution in [1.82, 2.24) is 10.2 Å². The van der Waals surface area contributed by atoms with E-state index in [4.69, 9.17) is 16.3 Å². The quantitative estimate of drug-likeness (QED) is 0.612. The number of halogens is 1. The summed E-state index contributed by atoms with van der Waals surface area (Å²) < 4.78 is 4.98. The first kappa shape index (κ1) is 22.8. The van der Waals surface area contributed by atoms with E-state index in [9.17, 15) is 14.4 Å². The van der Waals surface area contributed by atoms with E-state index in [1.165, 1.54) is 0 Å². The zero-order valence-corrected chi connectivity index (χ0v) is 18.2. The maximum Gasteiger partial charge on any atom is 0.255 e. The second-order valence-corrected chi connectivity index (χ2v) is 7.77. The molecule has 1 heterocycles. The van der Waals surface area contributed by atoms with Gasteiger partial charge in [-0.2, -0.15) is 0 Å². The minimum atomic E-state index is -0.459. The van der Waals surface area contributed by atoms with Crippen molar-refractivity contribution in [3.05, 3.63) is 64.7 Å². The van der Waals surface area contributed by atoms with E-state index in [2.05, 4.69) is 10.6 Å². The van der Waals surface area contributed by atoms with Crippen molar-refractivity contribution < 1.29 is 19.1 Å². The number of ether oxygens (including phenoxy) is 1. The molecular weight excluding hydrogens is 418 g/mol. The molecule has 3 amide bonds. The third-order valence-corrected chi connectivity index (χ3v) is 5.39. The van der Waals surface area contributed by atoms with Crippen LogP contribution in [0.4, 0.5) is 5.69 Å². The Morgan fingerprint density at radius 3 is 2.42 bits per heavy atom. The van der Waals surface area contributed by atoms with Crippen LogP contribution in [0.3, 0.4) is 0 Å². The monoisotopic (exact) mass is 443 g/mol. The van der Waals surface area contributed by atoms with Gasteiger partial charge in [-0.3, -0.25) is 14.4 Å². The average molecular weight is 444 g/mol. The lowest BCUT2D eigenvalue weighted by molar-refractivity contribution is -0.124. The highest BCUT2D eigenvalue weighted by molar-refractivity contribution is 6.30. The zero-order chi connectivity index (χ0) is 22.2. The molecule has 0 saturated carbocycles. The van der Waals surface area contributed by atoms with Crippen molar-refractivity contribution in [2.45, 2.75) is 25.3 Å². The lowest BCUT2D eigenvalue weighted by Gasteiger charge is -2.24. The smallest absolute Gasteiger partial charge is 0.255 e. The van der Waals surface area contributed by atoms with Gasteiger partial charge >= 0.3 is 0 Å². The number of anilines is 1. The number of methoxy groups -OCH3 is 1. The van der Waals surface area contributed by atoms with Crippen LogP contribution >= 0.6 is 11.6 Å². The number of hydrogen-bond donors (Lipinski definition) is 2. The Morgan fingerprint density at radius 2 is 1.74 bits per heavy atom. The molecule has 1 saturated heterocycles. The van der Waals surface area contributed by atoms with Gasteiger partial charge in [0.2, 0.25) is 5.91 Å². The lowest BCUT2D eigenvalue weighted by Crippen LogP contribution is -2.46. The van der Waals surface area contributed by atoms with Crippen LogP contribution in [0.25, 0.3) is 0 Å². The van der Waals surface area contributed by atoms with Gasteiger partial charge in [-0.1, -0.05) is 11.6 Å². The topological polar surface area (TPSA) is 87.7 Å². The maximum atomic E-state index is 13.0. The average Bonchev–Trinajstić information content (AvgIpc) is 3.27. The van der Waals surface area contributed by atoms with Gasteiger partial charge in [0.15, 0.2) is 0 Å². The molecule has 0 radical (unpaired) electrons. The Bertz CT molecular complexity index is 915. The van der Waals surface area contributed by atoms with Gasteiger partial charge < -0.3 is 20.3 Å². The van der Waals surface area contributed by atoms with E-state index >= 15 is 0 Å². The van der Waals surface area contributed by atoms with Crippen LogP contribution in [0.5, 0.6) is 0 Å². The summed E-state index contributed by atoms with van der Waals surface area (Å²) >= 11 is 5.85. The van der Waals surface area contributed by atoms with Gasteiger partial charge in [-0.15, -0.1) is 0 Å². The molecule has 164 valence electrons. The summed E-state index contributed by atoms with van der Waals surface area (Å²) in [5.74, 6) is -0.584. The van der Waals surface area contributed by atoms with E-state index in [1.54, 1.807) is 60.5 Å². The first-order valence-corrected chi connectivity index (χ1v) is 10.6. The van der Waals surface area contributed by atoms with E-state index in [1.807, 2.05) is 0 Å². The molecule has 2 N–H and O–H groups in total. The fourth-order valence-electron chi connectivity index (χ4n) is 3.49. The van der Waals surface area contributed by atoms with Crippen LogP contribution in [0.1, 0.15) is 40.0 Å². The van der Waals surface area contributed by atoms with Crippen molar-refractivity contribution in [1.29, 1.82) is 0 Å². The van der Waals surface area contributed by atoms with Gasteiger partial charge in [0.1, 0.15) is 6.04 Å². The van der Waals surface area contributed by atoms with Gasteiger partial charge in [0.25, 0.3) is 11.8 Å². The van der Waals surface area contributed by atoms with Gasteiger partial charge in [0, 0.05) is 48.6 Å². The first-order valence-electron chi connectivity index (χ1n) is 10.2. The second-order valence-electron chi connectivity index (χ2n) is 7.33. The fraction of sp³-hybridized carbons (Fsp3) is 0.348. The fourth-order valence-corrected chi connectivity index (χ4v) is 3.62. The molecule has 7 nitrogen and oxygen atoms in total.